The Bertz CT molecular complexity index is 862. The Morgan fingerprint density at radius 3 is 2.42 bits per heavy atom. The summed E-state index contributed by atoms with van der Waals surface area (Å²) in [5.74, 6) is 0.175. The van der Waals surface area contributed by atoms with Gasteiger partial charge in [-0.15, -0.1) is 10.2 Å². The van der Waals surface area contributed by atoms with E-state index in [0.717, 1.165) is 12.8 Å². The standard InChI is InChI=1S/C16H21N7O2S/c1-3-9-23(10-4-2)26(24,25)15-7-5-14(6-8-15)18-12-13(11-17)16-19-21-22-20-16/h5-8,12,18H,3-4,9-10H2,1-2H3,(H,19,20,21,22). The second kappa shape index (κ2) is 9.07. The molecule has 2 N–H and O–H groups in total. The molecule has 0 radical (unpaired) electrons. The Morgan fingerprint density at radius 1 is 1.27 bits per heavy atom. The van der Waals surface area contributed by atoms with E-state index < -0.39 is 10.0 Å². The number of allylic oxidation sites excluding steroid dienone is 1. The molecule has 0 bridgehead atoms. The summed E-state index contributed by atoms with van der Waals surface area (Å²) in [5, 5.41) is 25.2. The van der Waals surface area contributed by atoms with Crippen LogP contribution in [0.4, 0.5) is 5.69 Å². The number of rotatable bonds is 9. The Labute approximate surface area is 152 Å². The van der Waals surface area contributed by atoms with Crippen LogP contribution >= 0.6 is 0 Å². The van der Waals surface area contributed by atoms with Crippen molar-refractivity contribution in [1.29, 1.82) is 5.26 Å². The van der Waals surface area contributed by atoms with E-state index in [1.54, 1.807) is 24.3 Å². The monoisotopic (exact) mass is 375 g/mol. The molecule has 0 atom stereocenters. The first-order chi connectivity index (χ1) is 12.5. The maximum atomic E-state index is 12.7. The molecule has 2 rings (SSSR count). The molecule has 0 spiro atoms. The first-order valence-electron chi connectivity index (χ1n) is 8.23. The summed E-state index contributed by atoms with van der Waals surface area (Å²) in [4.78, 5) is 0.243. The molecule has 0 fully saturated rings. The molecular formula is C16H21N7O2S. The van der Waals surface area contributed by atoms with Gasteiger partial charge < -0.3 is 5.32 Å². The SMILES string of the molecule is CCCN(CCC)S(=O)(=O)c1ccc(NC=C(C#N)c2nn[nH]n2)cc1. The van der Waals surface area contributed by atoms with Gasteiger partial charge in [-0.25, -0.2) is 8.42 Å². The highest BCUT2D eigenvalue weighted by molar-refractivity contribution is 7.89. The van der Waals surface area contributed by atoms with Crippen molar-refractivity contribution >= 4 is 21.3 Å². The van der Waals surface area contributed by atoms with Crippen molar-refractivity contribution in [1.82, 2.24) is 24.9 Å². The van der Waals surface area contributed by atoms with Crippen molar-refractivity contribution in [2.75, 3.05) is 18.4 Å². The molecule has 138 valence electrons. The Balaban J connectivity index is 2.16. The largest absolute Gasteiger partial charge is 0.360 e. The van der Waals surface area contributed by atoms with E-state index in [0.29, 0.717) is 18.8 Å². The van der Waals surface area contributed by atoms with Gasteiger partial charge in [0.25, 0.3) is 0 Å². The number of benzene rings is 1. The van der Waals surface area contributed by atoms with Crippen LogP contribution in [0, 0.1) is 11.3 Å². The second-order valence-electron chi connectivity index (χ2n) is 5.48. The van der Waals surface area contributed by atoms with E-state index in [-0.39, 0.29) is 16.3 Å². The fraction of sp³-hybridized carbons (Fsp3) is 0.375. The summed E-state index contributed by atoms with van der Waals surface area (Å²) in [6, 6.07) is 8.34. The topological polar surface area (TPSA) is 128 Å². The average Bonchev–Trinajstić information content (AvgIpc) is 3.17. The number of sulfonamides is 1. The van der Waals surface area contributed by atoms with Gasteiger partial charge >= 0.3 is 0 Å². The quantitative estimate of drug-likeness (QED) is 0.641. The minimum atomic E-state index is -3.51. The summed E-state index contributed by atoms with van der Waals surface area (Å²) in [6.45, 7) is 4.90. The number of aromatic amines is 1. The van der Waals surface area contributed by atoms with Gasteiger partial charge in [0.1, 0.15) is 11.6 Å². The summed E-state index contributed by atoms with van der Waals surface area (Å²) in [5.41, 5.74) is 0.838. The summed E-state index contributed by atoms with van der Waals surface area (Å²) in [7, 11) is -3.51. The van der Waals surface area contributed by atoms with Crippen LogP contribution in [0.1, 0.15) is 32.5 Å². The van der Waals surface area contributed by atoms with E-state index >= 15 is 0 Å². The molecule has 0 aliphatic heterocycles. The van der Waals surface area contributed by atoms with Crippen LogP contribution in [-0.4, -0.2) is 46.4 Å². The van der Waals surface area contributed by atoms with Crippen molar-refractivity contribution in [2.45, 2.75) is 31.6 Å². The maximum absolute atomic E-state index is 12.7. The number of hydrogen-bond acceptors (Lipinski definition) is 7. The van der Waals surface area contributed by atoms with Gasteiger partial charge in [0.2, 0.25) is 15.8 Å². The Hall–Kier alpha value is -2.77. The van der Waals surface area contributed by atoms with Gasteiger partial charge in [-0.2, -0.15) is 14.8 Å². The Morgan fingerprint density at radius 2 is 1.92 bits per heavy atom. The van der Waals surface area contributed by atoms with Gasteiger partial charge in [0.05, 0.1) is 4.90 Å². The molecule has 0 unspecified atom stereocenters. The molecule has 26 heavy (non-hydrogen) atoms. The maximum Gasteiger partial charge on any atom is 0.243 e. The zero-order valence-electron chi connectivity index (χ0n) is 14.7. The summed E-state index contributed by atoms with van der Waals surface area (Å²) >= 11 is 0. The van der Waals surface area contributed by atoms with Crippen LogP contribution in [0.25, 0.3) is 5.57 Å². The number of anilines is 1. The number of aromatic nitrogens is 4. The minimum absolute atomic E-state index is 0.175. The van der Waals surface area contributed by atoms with Gasteiger partial charge in [0.15, 0.2) is 0 Å². The predicted octanol–water partition coefficient (Wildman–Crippen LogP) is 1.99. The van der Waals surface area contributed by atoms with Gasteiger partial charge in [0, 0.05) is 25.0 Å². The number of tetrazole rings is 1. The molecule has 9 nitrogen and oxygen atoms in total. The third-order valence-electron chi connectivity index (χ3n) is 3.53. The molecule has 0 aliphatic rings. The summed E-state index contributed by atoms with van der Waals surface area (Å²) in [6.07, 6.45) is 2.96. The number of nitrogens with one attached hydrogen (secondary N) is 2. The molecule has 1 aromatic heterocycles. The van der Waals surface area contributed by atoms with Gasteiger partial charge in [-0.3, -0.25) is 0 Å². The first-order valence-corrected chi connectivity index (χ1v) is 9.67. The normalized spacial score (nSPS) is 12.2. The highest BCUT2D eigenvalue weighted by atomic mass is 32.2. The lowest BCUT2D eigenvalue weighted by atomic mass is 10.3. The van der Waals surface area contributed by atoms with Crippen LogP contribution in [0.5, 0.6) is 0 Å². The van der Waals surface area contributed by atoms with E-state index in [9.17, 15) is 8.42 Å². The van der Waals surface area contributed by atoms with Crippen LogP contribution in [0.2, 0.25) is 0 Å². The molecule has 1 heterocycles. The lowest BCUT2D eigenvalue weighted by molar-refractivity contribution is 0.410. The average molecular weight is 375 g/mol. The first kappa shape index (κ1) is 19.6. The molecule has 2 aromatic rings. The van der Waals surface area contributed by atoms with Crippen LogP contribution in [0.3, 0.4) is 0 Å². The molecular weight excluding hydrogens is 354 g/mol. The van der Waals surface area contributed by atoms with Gasteiger partial charge in [-0.05, 0) is 42.3 Å². The number of nitrogens with zero attached hydrogens (tertiary/aromatic N) is 5. The van der Waals surface area contributed by atoms with E-state index in [2.05, 4.69) is 25.9 Å². The zero-order valence-corrected chi connectivity index (χ0v) is 15.5. The minimum Gasteiger partial charge on any atom is -0.360 e. The number of H-pyrrole nitrogens is 1. The summed E-state index contributed by atoms with van der Waals surface area (Å²) < 4.78 is 26.9. The lowest BCUT2D eigenvalue weighted by Crippen LogP contribution is -2.32. The van der Waals surface area contributed by atoms with Crippen molar-refractivity contribution < 1.29 is 8.42 Å². The van der Waals surface area contributed by atoms with E-state index in [1.165, 1.54) is 10.5 Å². The van der Waals surface area contributed by atoms with Crippen molar-refractivity contribution in [3.63, 3.8) is 0 Å². The number of nitriles is 1. The van der Waals surface area contributed by atoms with Crippen molar-refractivity contribution in [2.24, 2.45) is 0 Å². The van der Waals surface area contributed by atoms with Crippen LogP contribution in [-0.2, 0) is 10.0 Å². The Kier molecular flexibility index (Phi) is 6.82. The van der Waals surface area contributed by atoms with Crippen LogP contribution in [0.15, 0.2) is 35.4 Å². The predicted molar refractivity (Wildman–Crippen MR) is 97.2 cm³/mol. The highest BCUT2D eigenvalue weighted by Crippen LogP contribution is 2.19. The fourth-order valence-corrected chi connectivity index (χ4v) is 3.93. The molecule has 0 amide bonds. The van der Waals surface area contributed by atoms with Crippen molar-refractivity contribution in [3.8, 4) is 6.07 Å². The number of hydrogen-bond donors (Lipinski definition) is 2. The smallest absolute Gasteiger partial charge is 0.243 e. The van der Waals surface area contributed by atoms with Gasteiger partial charge in [-0.1, -0.05) is 13.8 Å². The molecule has 1 aromatic carbocycles. The third kappa shape index (κ3) is 4.65. The second-order valence-corrected chi connectivity index (χ2v) is 7.42. The fourth-order valence-electron chi connectivity index (χ4n) is 2.30. The molecule has 0 saturated carbocycles. The van der Waals surface area contributed by atoms with Crippen LogP contribution < -0.4 is 5.32 Å². The van der Waals surface area contributed by atoms with E-state index in [4.69, 9.17) is 5.26 Å². The lowest BCUT2D eigenvalue weighted by Gasteiger charge is -2.21. The molecule has 0 saturated heterocycles. The molecule has 10 heteroatoms. The molecule has 0 aliphatic carbocycles. The highest BCUT2D eigenvalue weighted by Gasteiger charge is 2.22. The third-order valence-corrected chi connectivity index (χ3v) is 5.44. The zero-order chi connectivity index (χ0) is 19.0. The van der Waals surface area contributed by atoms with Crippen molar-refractivity contribution in [3.05, 3.63) is 36.3 Å². The van der Waals surface area contributed by atoms with E-state index in [1.807, 2.05) is 19.9 Å².